The summed E-state index contributed by atoms with van der Waals surface area (Å²) in [6.07, 6.45) is 6.89. The molecule has 4 heterocycles. The molecule has 0 atom stereocenters. The van der Waals surface area contributed by atoms with Gasteiger partial charge in [0.1, 0.15) is 11.0 Å². The summed E-state index contributed by atoms with van der Waals surface area (Å²) in [5, 5.41) is 4.86. The van der Waals surface area contributed by atoms with Gasteiger partial charge in [0.05, 0.1) is 34.0 Å². The molecule has 0 spiro atoms. The topological polar surface area (TPSA) is 71.8 Å². The minimum atomic E-state index is 0.235. The lowest BCUT2D eigenvalue weighted by molar-refractivity contribution is 0.946. The predicted molar refractivity (Wildman–Crippen MR) is 75.9 cm³/mol. The number of rotatable bonds is 1. The molecule has 0 bridgehead atoms. The van der Waals surface area contributed by atoms with E-state index in [0.29, 0.717) is 16.5 Å². The first-order chi connectivity index (χ1) is 9.72. The lowest BCUT2D eigenvalue weighted by Gasteiger charge is -1.93. The van der Waals surface area contributed by atoms with Crippen LogP contribution in [0.5, 0.6) is 0 Å². The fourth-order valence-corrected chi connectivity index (χ4v) is 2.33. The van der Waals surface area contributed by atoms with E-state index in [1.165, 1.54) is 0 Å². The van der Waals surface area contributed by atoms with Crippen LogP contribution in [0.2, 0.25) is 10.2 Å². The summed E-state index contributed by atoms with van der Waals surface area (Å²) in [6, 6.07) is 1.70. The second-order valence-corrected chi connectivity index (χ2v) is 4.95. The monoisotopic (exact) mass is 304 g/mol. The van der Waals surface area contributed by atoms with Gasteiger partial charge in [-0.3, -0.25) is 4.98 Å². The molecular weight excluding hydrogens is 299 g/mol. The Morgan fingerprint density at radius 3 is 2.95 bits per heavy atom. The van der Waals surface area contributed by atoms with Gasteiger partial charge in [-0.15, -0.1) is 0 Å². The van der Waals surface area contributed by atoms with E-state index in [1.54, 1.807) is 35.4 Å². The SMILES string of the molecule is Clc1cc2[nH]c(-c3cnn4ccncc34)nc2nc1Cl. The van der Waals surface area contributed by atoms with Gasteiger partial charge in [-0.25, -0.2) is 14.5 Å². The number of nitrogens with zero attached hydrogens (tertiary/aromatic N) is 5. The summed E-state index contributed by atoms with van der Waals surface area (Å²) in [4.78, 5) is 15.8. The molecular formula is C12H6Cl2N6. The van der Waals surface area contributed by atoms with Gasteiger partial charge in [0, 0.05) is 12.4 Å². The number of aromatic nitrogens is 6. The van der Waals surface area contributed by atoms with Crippen molar-refractivity contribution in [3.05, 3.63) is 41.0 Å². The molecule has 8 heteroatoms. The van der Waals surface area contributed by atoms with Crippen molar-refractivity contribution in [2.45, 2.75) is 0 Å². The largest absolute Gasteiger partial charge is 0.336 e. The molecule has 4 aromatic heterocycles. The zero-order valence-corrected chi connectivity index (χ0v) is 11.4. The molecule has 0 saturated heterocycles. The van der Waals surface area contributed by atoms with Crippen LogP contribution in [0.25, 0.3) is 28.1 Å². The lowest BCUT2D eigenvalue weighted by atomic mass is 10.3. The molecule has 6 nitrogen and oxygen atoms in total. The molecule has 0 aliphatic carbocycles. The van der Waals surface area contributed by atoms with Crippen LogP contribution < -0.4 is 0 Å². The third-order valence-corrected chi connectivity index (χ3v) is 3.64. The second-order valence-electron chi connectivity index (χ2n) is 4.18. The highest BCUT2D eigenvalue weighted by Crippen LogP contribution is 2.27. The fraction of sp³-hybridized carbons (Fsp3) is 0. The quantitative estimate of drug-likeness (QED) is 0.549. The molecule has 0 amide bonds. The molecule has 20 heavy (non-hydrogen) atoms. The average Bonchev–Trinajstić information content (AvgIpc) is 3.02. The fourth-order valence-electron chi connectivity index (χ4n) is 2.04. The van der Waals surface area contributed by atoms with Gasteiger partial charge in [-0.05, 0) is 6.07 Å². The number of aromatic amines is 1. The van der Waals surface area contributed by atoms with Crippen LogP contribution >= 0.6 is 23.2 Å². The number of imidazole rings is 1. The van der Waals surface area contributed by atoms with E-state index in [1.807, 2.05) is 0 Å². The van der Waals surface area contributed by atoms with Crippen molar-refractivity contribution in [1.29, 1.82) is 0 Å². The minimum Gasteiger partial charge on any atom is -0.336 e. The van der Waals surface area contributed by atoms with E-state index < -0.39 is 0 Å². The molecule has 0 fully saturated rings. The smallest absolute Gasteiger partial charge is 0.179 e. The van der Waals surface area contributed by atoms with E-state index >= 15 is 0 Å². The zero-order chi connectivity index (χ0) is 13.7. The number of hydrogen-bond acceptors (Lipinski definition) is 4. The Balaban J connectivity index is 1.98. The predicted octanol–water partition coefficient (Wildman–Crippen LogP) is 2.97. The van der Waals surface area contributed by atoms with Gasteiger partial charge in [0.15, 0.2) is 5.65 Å². The number of H-pyrrole nitrogens is 1. The molecule has 0 aromatic carbocycles. The maximum absolute atomic E-state index is 5.95. The normalized spacial score (nSPS) is 11.5. The molecule has 4 aromatic rings. The Hall–Kier alpha value is -2.18. The minimum absolute atomic E-state index is 0.235. The first-order valence-electron chi connectivity index (χ1n) is 5.72. The first kappa shape index (κ1) is 11.6. The number of fused-ring (bicyclic) bond motifs is 2. The van der Waals surface area contributed by atoms with E-state index in [-0.39, 0.29) is 5.15 Å². The molecule has 98 valence electrons. The maximum Gasteiger partial charge on any atom is 0.179 e. The Labute approximate surface area is 122 Å². The van der Waals surface area contributed by atoms with E-state index in [2.05, 4.69) is 25.0 Å². The van der Waals surface area contributed by atoms with Crippen molar-refractivity contribution in [2.75, 3.05) is 0 Å². The highest BCUT2D eigenvalue weighted by molar-refractivity contribution is 6.41. The molecule has 1 N–H and O–H groups in total. The summed E-state index contributed by atoms with van der Waals surface area (Å²) in [5.41, 5.74) is 2.92. The number of halogens is 2. The van der Waals surface area contributed by atoms with Gasteiger partial charge < -0.3 is 4.98 Å². The van der Waals surface area contributed by atoms with Gasteiger partial charge in [0.2, 0.25) is 0 Å². The maximum atomic E-state index is 5.95. The highest BCUT2D eigenvalue weighted by Gasteiger charge is 2.13. The average molecular weight is 305 g/mol. The van der Waals surface area contributed by atoms with E-state index in [4.69, 9.17) is 23.2 Å². The van der Waals surface area contributed by atoms with Crippen LogP contribution in [0.4, 0.5) is 0 Å². The van der Waals surface area contributed by atoms with Gasteiger partial charge in [-0.1, -0.05) is 23.2 Å². The third kappa shape index (κ3) is 1.65. The van der Waals surface area contributed by atoms with E-state index in [0.717, 1.165) is 16.6 Å². The van der Waals surface area contributed by atoms with Crippen molar-refractivity contribution >= 4 is 39.9 Å². The van der Waals surface area contributed by atoms with E-state index in [9.17, 15) is 0 Å². The molecule has 4 rings (SSSR count). The van der Waals surface area contributed by atoms with Gasteiger partial charge in [-0.2, -0.15) is 5.10 Å². The van der Waals surface area contributed by atoms with Crippen molar-refractivity contribution in [2.24, 2.45) is 0 Å². The van der Waals surface area contributed by atoms with Crippen LogP contribution in [0.3, 0.4) is 0 Å². The van der Waals surface area contributed by atoms with Crippen molar-refractivity contribution in [3.63, 3.8) is 0 Å². The van der Waals surface area contributed by atoms with Crippen LogP contribution in [0.1, 0.15) is 0 Å². The zero-order valence-electron chi connectivity index (χ0n) is 9.88. The molecule has 0 aliphatic heterocycles. The Morgan fingerprint density at radius 1 is 1.15 bits per heavy atom. The second kappa shape index (κ2) is 4.16. The first-order valence-corrected chi connectivity index (χ1v) is 6.47. The molecule has 0 saturated carbocycles. The Bertz CT molecular complexity index is 903. The van der Waals surface area contributed by atoms with Crippen molar-refractivity contribution in [1.82, 2.24) is 29.5 Å². The van der Waals surface area contributed by atoms with Crippen LogP contribution in [-0.2, 0) is 0 Å². The number of hydrogen-bond donors (Lipinski definition) is 1. The van der Waals surface area contributed by atoms with Gasteiger partial charge >= 0.3 is 0 Å². The Morgan fingerprint density at radius 2 is 2.05 bits per heavy atom. The third-order valence-electron chi connectivity index (χ3n) is 2.96. The van der Waals surface area contributed by atoms with Crippen LogP contribution in [0.15, 0.2) is 30.9 Å². The van der Waals surface area contributed by atoms with Crippen LogP contribution in [-0.4, -0.2) is 29.5 Å². The van der Waals surface area contributed by atoms with Crippen LogP contribution in [0, 0.1) is 0 Å². The number of pyridine rings is 1. The summed E-state index contributed by atoms with van der Waals surface area (Å²) in [5.74, 6) is 0.647. The lowest BCUT2D eigenvalue weighted by Crippen LogP contribution is -1.86. The molecule has 0 aliphatic rings. The standard InChI is InChI=1S/C12H6Cl2N6/c13-7-3-8-12(18-10(7)14)19-11(17-8)6-4-16-20-2-1-15-5-9(6)20/h1-5H,(H,17,18,19). The summed E-state index contributed by atoms with van der Waals surface area (Å²) < 4.78 is 1.73. The summed E-state index contributed by atoms with van der Waals surface area (Å²) in [7, 11) is 0. The summed E-state index contributed by atoms with van der Waals surface area (Å²) >= 11 is 11.8. The van der Waals surface area contributed by atoms with Gasteiger partial charge in [0.25, 0.3) is 0 Å². The Kier molecular flexibility index (Phi) is 2.42. The highest BCUT2D eigenvalue weighted by atomic mass is 35.5. The van der Waals surface area contributed by atoms with Crippen molar-refractivity contribution < 1.29 is 0 Å². The molecule has 0 unspecified atom stereocenters. The van der Waals surface area contributed by atoms with Crippen molar-refractivity contribution in [3.8, 4) is 11.4 Å². The summed E-state index contributed by atoms with van der Waals surface area (Å²) in [6.45, 7) is 0. The number of nitrogens with one attached hydrogen (secondary N) is 1. The molecule has 0 radical (unpaired) electrons.